The molecule has 0 aromatic rings. The Morgan fingerprint density at radius 2 is 1.89 bits per heavy atom. The smallest absolute Gasteiger partial charge is 0.408 e. The Kier molecular flexibility index (Phi) is 7.28. The fraction of sp³-hybridized carbons (Fsp3) is 0.727. The van der Waals surface area contributed by atoms with Crippen LogP contribution in [0, 0.1) is 0 Å². The second kappa shape index (κ2) is 7.88. The molecule has 3 N–H and O–H groups in total. The monoisotopic (exact) mass is 292 g/mol. The zero-order chi connectivity index (χ0) is 15.1. The number of aliphatic carboxylic acids is 1. The molecule has 0 aromatic heterocycles. The van der Waals surface area contributed by atoms with Crippen LogP contribution in [0.1, 0.15) is 20.8 Å². The summed E-state index contributed by atoms with van der Waals surface area (Å²) in [5.74, 6) is -1.43. The number of hydrogen-bond donors (Lipinski definition) is 3. The van der Waals surface area contributed by atoms with Crippen molar-refractivity contribution in [1.29, 1.82) is 0 Å². The number of thioether (sulfide) groups is 1. The van der Waals surface area contributed by atoms with E-state index in [0.717, 1.165) is 0 Å². The number of ether oxygens (including phenoxy) is 1. The average Bonchev–Trinajstić information content (AvgIpc) is 2.23. The summed E-state index contributed by atoms with van der Waals surface area (Å²) in [6.07, 6.45) is 1.01. The molecule has 8 heteroatoms. The number of carboxylic acid groups (broad SMARTS) is 1. The maximum Gasteiger partial charge on any atom is 0.408 e. The largest absolute Gasteiger partial charge is 0.480 e. The molecule has 1 atom stereocenters. The molecule has 0 rings (SSSR count). The van der Waals surface area contributed by atoms with Crippen LogP contribution >= 0.6 is 11.8 Å². The Balaban J connectivity index is 4.11. The summed E-state index contributed by atoms with van der Waals surface area (Å²) in [6.45, 7) is 4.77. The molecule has 110 valence electrons. The van der Waals surface area contributed by atoms with Crippen LogP contribution < -0.4 is 10.6 Å². The quantitative estimate of drug-likeness (QED) is 0.656. The minimum atomic E-state index is -1.11. The lowest BCUT2D eigenvalue weighted by atomic mass is 10.2. The molecule has 0 heterocycles. The number of carboxylic acids is 1. The Hall–Kier alpha value is -1.44. The van der Waals surface area contributed by atoms with E-state index < -0.39 is 29.6 Å². The molecule has 19 heavy (non-hydrogen) atoms. The molecule has 0 saturated carbocycles. The van der Waals surface area contributed by atoms with Crippen molar-refractivity contribution < 1.29 is 24.2 Å². The van der Waals surface area contributed by atoms with E-state index in [1.807, 2.05) is 0 Å². The van der Waals surface area contributed by atoms with Crippen molar-refractivity contribution in [3.05, 3.63) is 0 Å². The summed E-state index contributed by atoms with van der Waals surface area (Å²) in [5, 5.41) is 13.4. The van der Waals surface area contributed by atoms with Gasteiger partial charge in [0.2, 0.25) is 5.91 Å². The first-order chi connectivity index (χ1) is 8.65. The highest BCUT2D eigenvalue weighted by atomic mass is 32.2. The normalized spacial score (nSPS) is 12.4. The van der Waals surface area contributed by atoms with Gasteiger partial charge in [-0.15, -0.1) is 0 Å². The van der Waals surface area contributed by atoms with Gasteiger partial charge in [-0.3, -0.25) is 4.79 Å². The van der Waals surface area contributed by atoms with Gasteiger partial charge in [0, 0.05) is 5.75 Å². The molecule has 2 amide bonds. The van der Waals surface area contributed by atoms with Crippen molar-refractivity contribution >= 4 is 29.7 Å². The zero-order valence-corrected chi connectivity index (χ0v) is 12.3. The van der Waals surface area contributed by atoms with Crippen LogP contribution in [0.25, 0.3) is 0 Å². The first-order valence-corrected chi connectivity index (χ1v) is 7.03. The highest BCUT2D eigenvalue weighted by molar-refractivity contribution is 7.98. The summed E-state index contributed by atoms with van der Waals surface area (Å²) in [7, 11) is 0. The first-order valence-electron chi connectivity index (χ1n) is 5.63. The molecule has 0 saturated heterocycles. The van der Waals surface area contributed by atoms with Crippen LogP contribution in [0.4, 0.5) is 4.79 Å². The third kappa shape index (κ3) is 9.18. The topological polar surface area (TPSA) is 105 Å². The summed E-state index contributed by atoms with van der Waals surface area (Å²) in [6, 6.07) is -0.970. The Labute approximate surface area is 116 Å². The standard InChI is InChI=1S/C11H20N2O5S/c1-11(2,3)18-10(17)12-5-8(14)13-7(6-19-4)9(15)16/h7H,5-6H2,1-4H3,(H,12,17)(H,13,14)(H,15,16)/t7-/m0/s1. The van der Waals surface area contributed by atoms with Gasteiger partial charge in [-0.25, -0.2) is 9.59 Å². The van der Waals surface area contributed by atoms with Gasteiger partial charge in [0.1, 0.15) is 18.2 Å². The van der Waals surface area contributed by atoms with Gasteiger partial charge in [-0.2, -0.15) is 11.8 Å². The second-order valence-corrected chi connectivity index (χ2v) is 5.68. The molecule has 0 bridgehead atoms. The molecule has 0 radical (unpaired) electrons. The number of amides is 2. The predicted octanol–water partition coefficient (Wildman–Crippen LogP) is 0.444. The number of carbonyl (C=O) groups is 3. The van der Waals surface area contributed by atoms with E-state index >= 15 is 0 Å². The molecule has 0 aliphatic rings. The van der Waals surface area contributed by atoms with Crippen molar-refractivity contribution in [3.8, 4) is 0 Å². The summed E-state index contributed by atoms with van der Waals surface area (Å²) >= 11 is 1.30. The van der Waals surface area contributed by atoms with E-state index in [4.69, 9.17) is 9.84 Å². The minimum Gasteiger partial charge on any atom is -0.480 e. The summed E-state index contributed by atoms with van der Waals surface area (Å²) in [4.78, 5) is 33.5. The molecular weight excluding hydrogens is 272 g/mol. The molecular formula is C11H20N2O5S. The van der Waals surface area contributed by atoms with Crippen LogP contribution in [0.5, 0.6) is 0 Å². The number of hydrogen-bond acceptors (Lipinski definition) is 5. The van der Waals surface area contributed by atoms with Crippen molar-refractivity contribution in [2.75, 3.05) is 18.6 Å². The zero-order valence-electron chi connectivity index (χ0n) is 11.5. The van der Waals surface area contributed by atoms with Gasteiger partial charge in [0.05, 0.1) is 0 Å². The lowest BCUT2D eigenvalue weighted by molar-refractivity contribution is -0.140. The number of rotatable bonds is 6. The number of carbonyl (C=O) groups excluding carboxylic acids is 2. The highest BCUT2D eigenvalue weighted by Crippen LogP contribution is 2.06. The van der Waals surface area contributed by atoms with Gasteiger partial charge >= 0.3 is 12.1 Å². The Morgan fingerprint density at radius 1 is 1.32 bits per heavy atom. The highest BCUT2D eigenvalue weighted by Gasteiger charge is 2.20. The van der Waals surface area contributed by atoms with Crippen molar-refractivity contribution in [1.82, 2.24) is 10.6 Å². The third-order valence-electron chi connectivity index (χ3n) is 1.76. The lowest BCUT2D eigenvalue weighted by Crippen LogP contribution is -2.47. The van der Waals surface area contributed by atoms with E-state index in [-0.39, 0.29) is 12.3 Å². The number of nitrogens with one attached hydrogen (secondary N) is 2. The van der Waals surface area contributed by atoms with Crippen LogP contribution in [0.2, 0.25) is 0 Å². The predicted molar refractivity (Wildman–Crippen MR) is 72.2 cm³/mol. The third-order valence-corrected chi connectivity index (χ3v) is 2.43. The van der Waals surface area contributed by atoms with Gasteiger partial charge in [-0.05, 0) is 27.0 Å². The van der Waals surface area contributed by atoms with Crippen LogP contribution in [-0.4, -0.2) is 53.3 Å². The van der Waals surface area contributed by atoms with Gasteiger partial charge in [0.15, 0.2) is 0 Å². The Morgan fingerprint density at radius 3 is 2.32 bits per heavy atom. The maximum absolute atomic E-state index is 11.4. The lowest BCUT2D eigenvalue weighted by Gasteiger charge is -2.20. The van der Waals surface area contributed by atoms with E-state index in [1.54, 1.807) is 27.0 Å². The van der Waals surface area contributed by atoms with Crippen molar-refractivity contribution in [3.63, 3.8) is 0 Å². The van der Waals surface area contributed by atoms with E-state index in [9.17, 15) is 14.4 Å². The van der Waals surface area contributed by atoms with Gasteiger partial charge < -0.3 is 20.5 Å². The molecule has 0 aliphatic heterocycles. The van der Waals surface area contributed by atoms with Crippen LogP contribution in [0.15, 0.2) is 0 Å². The average molecular weight is 292 g/mol. The molecule has 0 unspecified atom stereocenters. The molecule has 7 nitrogen and oxygen atoms in total. The van der Waals surface area contributed by atoms with Crippen LogP contribution in [0.3, 0.4) is 0 Å². The van der Waals surface area contributed by atoms with Crippen molar-refractivity contribution in [2.24, 2.45) is 0 Å². The molecule has 0 spiro atoms. The van der Waals surface area contributed by atoms with Crippen molar-refractivity contribution in [2.45, 2.75) is 32.4 Å². The second-order valence-electron chi connectivity index (χ2n) is 4.77. The fourth-order valence-electron chi connectivity index (χ4n) is 1.05. The fourth-order valence-corrected chi connectivity index (χ4v) is 1.61. The van der Waals surface area contributed by atoms with E-state index in [2.05, 4.69) is 10.6 Å². The van der Waals surface area contributed by atoms with E-state index in [1.165, 1.54) is 11.8 Å². The molecule has 0 aliphatic carbocycles. The molecule has 0 fully saturated rings. The summed E-state index contributed by atoms with van der Waals surface area (Å²) < 4.78 is 4.94. The SMILES string of the molecule is CSC[C@H](NC(=O)CNC(=O)OC(C)(C)C)C(=O)O. The van der Waals surface area contributed by atoms with Gasteiger partial charge in [0.25, 0.3) is 0 Å². The Bertz CT molecular complexity index is 340. The van der Waals surface area contributed by atoms with E-state index in [0.29, 0.717) is 0 Å². The van der Waals surface area contributed by atoms with Gasteiger partial charge in [-0.1, -0.05) is 0 Å². The summed E-state index contributed by atoms with van der Waals surface area (Å²) in [5.41, 5.74) is -0.650. The maximum atomic E-state index is 11.4. The minimum absolute atomic E-state index is 0.257. The first kappa shape index (κ1) is 17.6. The molecule has 0 aromatic carbocycles. The number of alkyl carbamates (subject to hydrolysis) is 1. The van der Waals surface area contributed by atoms with Crippen LogP contribution in [-0.2, 0) is 14.3 Å².